The Labute approximate surface area is 139 Å². The summed E-state index contributed by atoms with van der Waals surface area (Å²) >= 11 is 6.10. The van der Waals surface area contributed by atoms with Crippen molar-refractivity contribution in [1.29, 1.82) is 0 Å². The zero-order chi connectivity index (χ0) is 16.6. The number of rotatable bonds is 3. The number of ether oxygens (including phenoxy) is 1. The van der Waals surface area contributed by atoms with Crippen LogP contribution < -0.4 is 10.1 Å². The first-order chi connectivity index (χ1) is 11.0. The monoisotopic (exact) mass is 328 g/mol. The van der Waals surface area contributed by atoms with Gasteiger partial charge in [-0.25, -0.2) is 0 Å². The number of anilines is 1. The minimum absolute atomic E-state index is 0.192. The summed E-state index contributed by atoms with van der Waals surface area (Å²) in [7, 11) is 1.62. The molecule has 4 nitrogen and oxygen atoms in total. The molecule has 0 unspecified atom stereocenters. The number of methoxy groups -OCH3 is 1. The van der Waals surface area contributed by atoms with Crippen LogP contribution in [0, 0.1) is 13.8 Å². The van der Waals surface area contributed by atoms with Gasteiger partial charge in [-0.05, 0) is 49.2 Å². The summed E-state index contributed by atoms with van der Waals surface area (Å²) in [6.45, 7) is 3.80. The quantitative estimate of drug-likeness (QED) is 0.732. The number of hydrogen-bond donors (Lipinski definition) is 2. The Morgan fingerprint density at radius 1 is 1.17 bits per heavy atom. The number of halogens is 1. The average Bonchev–Trinajstić information content (AvgIpc) is 2.88. The first-order valence-electron chi connectivity index (χ1n) is 7.24. The molecular weight excluding hydrogens is 312 g/mol. The largest absolute Gasteiger partial charge is 0.497 e. The topological polar surface area (TPSA) is 54.1 Å². The van der Waals surface area contributed by atoms with Gasteiger partial charge in [0.25, 0.3) is 5.91 Å². The molecule has 118 valence electrons. The highest BCUT2D eigenvalue weighted by atomic mass is 35.5. The number of aromatic amines is 1. The van der Waals surface area contributed by atoms with Gasteiger partial charge in [0.05, 0.1) is 7.11 Å². The summed E-state index contributed by atoms with van der Waals surface area (Å²) in [5, 5.41) is 4.54. The van der Waals surface area contributed by atoms with Crippen LogP contribution in [-0.4, -0.2) is 18.0 Å². The van der Waals surface area contributed by atoms with Crippen molar-refractivity contribution in [1.82, 2.24) is 4.98 Å². The van der Waals surface area contributed by atoms with Crippen LogP contribution in [-0.2, 0) is 0 Å². The maximum Gasteiger partial charge on any atom is 0.272 e. The van der Waals surface area contributed by atoms with Crippen LogP contribution in [0.1, 0.15) is 21.6 Å². The van der Waals surface area contributed by atoms with Crippen LogP contribution in [0.3, 0.4) is 0 Å². The predicted octanol–water partition coefficient (Wildman–Crippen LogP) is 4.70. The Balaban J connectivity index is 1.97. The van der Waals surface area contributed by atoms with Gasteiger partial charge in [-0.2, -0.15) is 0 Å². The molecule has 0 aliphatic carbocycles. The number of benzene rings is 2. The highest BCUT2D eigenvalue weighted by Crippen LogP contribution is 2.27. The summed E-state index contributed by atoms with van der Waals surface area (Å²) in [6, 6.07) is 11.2. The Morgan fingerprint density at radius 2 is 1.96 bits per heavy atom. The number of aromatic nitrogens is 1. The summed E-state index contributed by atoms with van der Waals surface area (Å²) < 4.78 is 5.22. The molecule has 0 bridgehead atoms. The van der Waals surface area contributed by atoms with E-state index in [2.05, 4.69) is 10.3 Å². The minimum atomic E-state index is -0.192. The molecule has 0 saturated heterocycles. The number of fused-ring (bicyclic) bond motifs is 1. The second-order valence-corrected chi connectivity index (χ2v) is 5.81. The van der Waals surface area contributed by atoms with E-state index in [1.54, 1.807) is 13.2 Å². The second kappa shape index (κ2) is 5.97. The fraction of sp³-hybridized carbons (Fsp3) is 0.167. The normalized spacial score (nSPS) is 10.8. The van der Waals surface area contributed by atoms with E-state index in [1.807, 2.05) is 44.2 Å². The third kappa shape index (κ3) is 2.78. The van der Waals surface area contributed by atoms with E-state index >= 15 is 0 Å². The first kappa shape index (κ1) is 15.4. The lowest BCUT2D eigenvalue weighted by Gasteiger charge is -2.09. The number of amides is 1. The molecule has 1 heterocycles. The van der Waals surface area contributed by atoms with Crippen LogP contribution in [0.4, 0.5) is 5.69 Å². The minimum Gasteiger partial charge on any atom is -0.497 e. The van der Waals surface area contributed by atoms with Crippen molar-refractivity contribution in [2.75, 3.05) is 12.4 Å². The lowest BCUT2D eigenvalue weighted by Crippen LogP contribution is -2.14. The number of nitrogens with one attached hydrogen (secondary N) is 2. The van der Waals surface area contributed by atoms with E-state index < -0.39 is 0 Å². The summed E-state index contributed by atoms with van der Waals surface area (Å²) in [4.78, 5) is 15.8. The van der Waals surface area contributed by atoms with E-state index in [4.69, 9.17) is 16.3 Å². The molecule has 5 heteroatoms. The highest BCUT2D eigenvalue weighted by Gasteiger charge is 2.16. The Hall–Kier alpha value is -2.46. The van der Waals surface area contributed by atoms with Crippen molar-refractivity contribution in [3.8, 4) is 5.75 Å². The number of carbonyl (C=O) groups excluding carboxylic acids is 1. The van der Waals surface area contributed by atoms with Crippen LogP contribution in [0.5, 0.6) is 5.75 Å². The fourth-order valence-corrected chi connectivity index (χ4v) is 2.77. The van der Waals surface area contributed by atoms with Crippen molar-refractivity contribution in [3.05, 3.63) is 58.2 Å². The number of aryl methyl sites for hydroxylation is 1. The van der Waals surface area contributed by atoms with E-state index in [0.29, 0.717) is 16.4 Å². The highest BCUT2D eigenvalue weighted by molar-refractivity contribution is 6.31. The molecule has 1 amide bonds. The van der Waals surface area contributed by atoms with Crippen molar-refractivity contribution in [2.24, 2.45) is 0 Å². The van der Waals surface area contributed by atoms with E-state index in [-0.39, 0.29) is 5.91 Å². The molecule has 0 saturated carbocycles. The van der Waals surface area contributed by atoms with Gasteiger partial charge in [-0.1, -0.05) is 17.7 Å². The molecule has 0 spiro atoms. The average molecular weight is 329 g/mol. The summed E-state index contributed by atoms with van der Waals surface area (Å²) in [5.74, 6) is 0.555. The Morgan fingerprint density at radius 3 is 2.70 bits per heavy atom. The smallest absolute Gasteiger partial charge is 0.272 e. The van der Waals surface area contributed by atoms with Crippen LogP contribution in [0.25, 0.3) is 10.9 Å². The number of hydrogen-bond acceptors (Lipinski definition) is 2. The molecule has 3 rings (SSSR count). The lowest BCUT2D eigenvalue weighted by molar-refractivity contribution is 0.102. The number of H-pyrrole nitrogens is 1. The third-order valence-corrected chi connectivity index (χ3v) is 4.42. The molecule has 0 atom stereocenters. The van der Waals surface area contributed by atoms with E-state index in [9.17, 15) is 4.79 Å². The van der Waals surface area contributed by atoms with Gasteiger partial charge < -0.3 is 15.0 Å². The van der Waals surface area contributed by atoms with E-state index in [1.165, 1.54) is 0 Å². The molecule has 2 N–H and O–H groups in total. The van der Waals surface area contributed by atoms with Crippen LogP contribution >= 0.6 is 11.6 Å². The second-order valence-electron chi connectivity index (χ2n) is 5.40. The number of carbonyl (C=O) groups is 1. The Bertz CT molecular complexity index is 899. The maximum absolute atomic E-state index is 12.6. The molecular formula is C18H17ClN2O2. The zero-order valence-corrected chi connectivity index (χ0v) is 13.9. The van der Waals surface area contributed by atoms with Crippen molar-refractivity contribution >= 4 is 34.1 Å². The fourth-order valence-electron chi connectivity index (χ4n) is 2.60. The van der Waals surface area contributed by atoms with Gasteiger partial charge in [0.1, 0.15) is 11.4 Å². The van der Waals surface area contributed by atoms with Crippen molar-refractivity contribution in [3.63, 3.8) is 0 Å². The predicted molar refractivity (Wildman–Crippen MR) is 93.7 cm³/mol. The van der Waals surface area contributed by atoms with Gasteiger partial charge in [-0.3, -0.25) is 4.79 Å². The lowest BCUT2D eigenvalue weighted by atomic mass is 10.1. The molecule has 3 aromatic rings. The Kier molecular flexibility index (Phi) is 4.01. The molecule has 0 aliphatic rings. The van der Waals surface area contributed by atoms with Gasteiger partial charge in [-0.15, -0.1) is 0 Å². The molecule has 0 radical (unpaired) electrons. The van der Waals surface area contributed by atoms with Gasteiger partial charge in [0.15, 0.2) is 0 Å². The zero-order valence-electron chi connectivity index (χ0n) is 13.2. The molecule has 23 heavy (non-hydrogen) atoms. The molecule has 2 aromatic carbocycles. The van der Waals surface area contributed by atoms with Crippen LogP contribution in [0.15, 0.2) is 36.4 Å². The first-order valence-corrected chi connectivity index (χ1v) is 7.62. The van der Waals surface area contributed by atoms with Gasteiger partial charge >= 0.3 is 0 Å². The molecule has 1 aromatic heterocycles. The van der Waals surface area contributed by atoms with E-state index in [0.717, 1.165) is 27.8 Å². The third-order valence-electron chi connectivity index (χ3n) is 4.01. The SMILES string of the molecule is COc1ccc2c(C)c(C(=O)Nc3cccc(Cl)c3C)[nH]c2c1. The maximum atomic E-state index is 12.6. The van der Waals surface area contributed by atoms with Crippen molar-refractivity contribution in [2.45, 2.75) is 13.8 Å². The molecule has 0 fully saturated rings. The summed E-state index contributed by atoms with van der Waals surface area (Å²) in [5.41, 5.74) is 3.86. The standard InChI is InChI=1S/C18H17ClN2O2/c1-10-13-8-7-12(23-3)9-16(13)20-17(10)18(22)21-15-6-4-5-14(19)11(15)2/h4-9,20H,1-3H3,(H,21,22). The van der Waals surface area contributed by atoms with Gasteiger partial charge in [0, 0.05) is 27.7 Å². The van der Waals surface area contributed by atoms with Crippen molar-refractivity contribution < 1.29 is 9.53 Å². The molecule has 0 aliphatic heterocycles. The van der Waals surface area contributed by atoms with Gasteiger partial charge in [0.2, 0.25) is 0 Å². The van der Waals surface area contributed by atoms with Crippen LogP contribution in [0.2, 0.25) is 5.02 Å². The summed E-state index contributed by atoms with van der Waals surface area (Å²) in [6.07, 6.45) is 0.